The minimum atomic E-state index is -1.72. The summed E-state index contributed by atoms with van der Waals surface area (Å²) in [5, 5.41) is 0. The number of hydrogen-bond acceptors (Lipinski definition) is 3. The van der Waals surface area contributed by atoms with Crippen molar-refractivity contribution >= 4 is 29.2 Å². The van der Waals surface area contributed by atoms with Gasteiger partial charge in [-0.3, -0.25) is 4.90 Å². The van der Waals surface area contributed by atoms with Crippen LogP contribution in [-0.4, -0.2) is 30.5 Å². The summed E-state index contributed by atoms with van der Waals surface area (Å²) in [5.74, 6) is -0.643. The van der Waals surface area contributed by atoms with E-state index in [9.17, 15) is 4.79 Å². The minimum Gasteiger partial charge on any atom is -0.454 e. The molecule has 3 nitrogen and oxygen atoms in total. The van der Waals surface area contributed by atoms with Crippen LogP contribution in [0.4, 0.5) is 0 Å². The minimum absolute atomic E-state index is 0.396. The molecule has 0 aromatic heterocycles. The van der Waals surface area contributed by atoms with Crippen LogP contribution >= 0.6 is 23.2 Å². The van der Waals surface area contributed by atoms with Crippen LogP contribution < -0.4 is 0 Å². The van der Waals surface area contributed by atoms with Crippen LogP contribution in [0.15, 0.2) is 60.7 Å². The summed E-state index contributed by atoms with van der Waals surface area (Å²) in [6.07, 6.45) is 1.95. The molecule has 1 aliphatic heterocycles. The molecule has 0 radical (unpaired) electrons. The van der Waals surface area contributed by atoms with Crippen molar-refractivity contribution in [1.82, 2.24) is 4.90 Å². The van der Waals surface area contributed by atoms with E-state index in [4.69, 9.17) is 27.9 Å². The van der Waals surface area contributed by atoms with Gasteiger partial charge in [0.15, 0.2) is 0 Å². The first-order valence-electron chi connectivity index (χ1n) is 8.49. The molecule has 0 aliphatic carbocycles. The van der Waals surface area contributed by atoms with E-state index in [-0.39, 0.29) is 0 Å². The first-order chi connectivity index (χ1) is 12.1. The van der Waals surface area contributed by atoms with E-state index in [0.29, 0.717) is 12.1 Å². The number of ether oxygens (including phenoxy) is 1. The lowest BCUT2D eigenvalue weighted by Gasteiger charge is -2.27. The van der Waals surface area contributed by atoms with Gasteiger partial charge in [0.05, 0.1) is 0 Å². The Kier molecular flexibility index (Phi) is 6.00. The lowest BCUT2D eigenvalue weighted by atomic mass is 10.1. The number of nitrogens with zero attached hydrogens (tertiary/aromatic N) is 1. The molecule has 1 aliphatic rings. The maximum absolute atomic E-state index is 12.7. The summed E-state index contributed by atoms with van der Waals surface area (Å²) in [6.45, 7) is 2.69. The highest BCUT2D eigenvalue weighted by Crippen LogP contribution is 2.37. The molecule has 0 spiro atoms. The zero-order valence-corrected chi connectivity index (χ0v) is 15.4. The number of hydrogen-bond donors (Lipinski definition) is 0. The third-order valence-electron chi connectivity index (χ3n) is 4.44. The van der Waals surface area contributed by atoms with Crippen LogP contribution in [0.1, 0.15) is 30.1 Å². The average Bonchev–Trinajstić information content (AvgIpc) is 3.15. The fourth-order valence-corrected chi connectivity index (χ4v) is 3.39. The van der Waals surface area contributed by atoms with Crippen molar-refractivity contribution in [3.8, 4) is 0 Å². The SMILES string of the molecule is O=C(O[C@@H](CN1CCCC1)c1ccccc1)C(Cl)(Cl)c1ccccc1. The Labute approximate surface area is 158 Å². The van der Waals surface area contributed by atoms with Crippen molar-refractivity contribution in [1.29, 1.82) is 0 Å². The molecule has 1 atom stereocenters. The fraction of sp³-hybridized carbons (Fsp3) is 0.350. The molecule has 0 unspecified atom stereocenters. The predicted octanol–water partition coefficient (Wildman–Crippen LogP) is 4.70. The molecule has 3 rings (SSSR count). The van der Waals surface area contributed by atoms with Gasteiger partial charge in [-0.25, -0.2) is 4.79 Å². The molecule has 2 aromatic rings. The first kappa shape index (κ1) is 18.2. The van der Waals surface area contributed by atoms with E-state index in [1.165, 1.54) is 12.8 Å². The van der Waals surface area contributed by atoms with E-state index in [1.807, 2.05) is 36.4 Å². The van der Waals surface area contributed by atoms with Gasteiger partial charge in [-0.2, -0.15) is 0 Å². The van der Waals surface area contributed by atoms with Crippen LogP contribution in [0.3, 0.4) is 0 Å². The monoisotopic (exact) mass is 377 g/mol. The Morgan fingerprint density at radius 3 is 2.16 bits per heavy atom. The maximum Gasteiger partial charge on any atom is 0.348 e. The number of halogens is 2. The number of esters is 1. The smallest absolute Gasteiger partial charge is 0.348 e. The summed E-state index contributed by atoms with van der Waals surface area (Å²) >= 11 is 12.7. The summed E-state index contributed by atoms with van der Waals surface area (Å²) < 4.78 is 4.05. The Morgan fingerprint density at radius 2 is 1.56 bits per heavy atom. The zero-order valence-electron chi connectivity index (χ0n) is 13.9. The largest absolute Gasteiger partial charge is 0.454 e. The topological polar surface area (TPSA) is 29.5 Å². The molecule has 1 heterocycles. The molecular weight excluding hydrogens is 357 g/mol. The van der Waals surface area contributed by atoms with Crippen molar-refractivity contribution in [3.05, 3.63) is 71.8 Å². The number of carbonyl (C=O) groups is 1. The molecule has 132 valence electrons. The van der Waals surface area contributed by atoms with Crippen LogP contribution in [0.5, 0.6) is 0 Å². The third-order valence-corrected chi connectivity index (χ3v) is 5.18. The highest BCUT2D eigenvalue weighted by molar-refractivity contribution is 6.56. The first-order valence-corrected chi connectivity index (χ1v) is 9.24. The Balaban J connectivity index is 1.78. The molecule has 0 N–H and O–H groups in total. The van der Waals surface area contributed by atoms with Gasteiger partial charge in [0.1, 0.15) is 6.10 Å². The second-order valence-electron chi connectivity index (χ2n) is 6.25. The Bertz CT molecular complexity index is 685. The number of rotatable bonds is 6. The van der Waals surface area contributed by atoms with Gasteiger partial charge in [0, 0.05) is 6.54 Å². The van der Waals surface area contributed by atoms with Crippen molar-refractivity contribution in [2.24, 2.45) is 0 Å². The van der Waals surface area contributed by atoms with Gasteiger partial charge < -0.3 is 4.74 Å². The predicted molar refractivity (Wildman–Crippen MR) is 101 cm³/mol. The fourth-order valence-electron chi connectivity index (χ4n) is 3.05. The van der Waals surface area contributed by atoms with Crippen molar-refractivity contribution in [2.45, 2.75) is 23.3 Å². The van der Waals surface area contributed by atoms with Crippen molar-refractivity contribution in [3.63, 3.8) is 0 Å². The summed E-state index contributed by atoms with van der Waals surface area (Å²) in [4.78, 5) is 15.0. The van der Waals surface area contributed by atoms with Crippen molar-refractivity contribution < 1.29 is 9.53 Å². The van der Waals surface area contributed by atoms with Crippen LogP contribution in [0.25, 0.3) is 0 Å². The third kappa shape index (κ3) is 4.55. The summed E-state index contributed by atoms with van der Waals surface area (Å²) in [5.41, 5.74) is 1.45. The van der Waals surface area contributed by atoms with Gasteiger partial charge in [-0.15, -0.1) is 0 Å². The summed E-state index contributed by atoms with van der Waals surface area (Å²) in [6, 6.07) is 18.6. The number of alkyl halides is 2. The van der Waals surface area contributed by atoms with E-state index < -0.39 is 16.4 Å². The second kappa shape index (κ2) is 8.22. The second-order valence-corrected chi connectivity index (χ2v) is 7.58. The lowest BCUT2D eigenvalue weighted by molar-refractivity contribution is -0.151. The lowest BCUT2D eigenvalue weighted by Crippen LogP contribution is -2.33. The Morgan fingerprint density at radius 1 is 1.00 bits per heavy atom. The summed E-state index contributed by atoms with van der Waals surface area (Å²) in [7, 11) is 0. The van der Waals surface area contributed by atoms with Gasteiger partial charge in [-0.05, 0) is 37.1 Å². The molecule has 0 saturated carbocycles. The van der Waals surface area contributed by atoms with Gasteiger partial charge in [0.25, 0.3) is 0 Å². The molecule has 1 saturated heterocycles. The zero-order chi connectivity index (χ0) is 17.7. The molecule has 5 heteroatoms. The standard InChI is InChI=1S/C20H21Cl2NO2/c21-20(22,17-11-5-2-6-12-17)19(24)25-18(15-23-13-7-8-14-23)16-9-3-1-4-10-16/h1-6,9-12,18H,7-8,13-15H2/t18-/m0/s1. The molecule has 1 fully saturated rings. The van der Waals surface area contributed by atoms with E-state index >= 15 is 0 Å². The van der Waals surface area contributed by atoms with E-state index in [2.05, 4.69) is 4.90 Å². The van der Waals surface area contributed by atoms with Crippen LogP contribution in [0.2, 0.25) is 0 Å². The van der Waals surface area contributed by atoms with Crippen LogP contribution in [0, 0.1) is 0 Å². The number of benzene rings is 2. The van der Waals surface area contributed by atoms with Crippen molar-refractivity contribution in [2.75, 3.05) is 19.6 Å². The molecular formula is C20H21Cl2NO2. The average molecular weight is 378 g/mol. The van der Waals surface area contributed by atoms with Gasteiger partial charge in [0.2, 0.25) is 4.33 Å². The van der Waals surface area contributed by atoms with E-state index in [0.717, 1.165) is 18.7 Å². The Hall–Kier alpha value is -1.55. The highest BCUT2D eigenvalue weighted by Gasteiger charge is 2.39. The highest BCUT2D eigenvalue weighted by atomic mass is 35.5. The van der Waals surface area contributed by atoms with E-state index in [1.54, 1.807) is 24.3 Å². The number of carbonyl (C=O) groups excluding carboxylic acids is 1. The molecule has 2 aromatic carbocycles. The molecule has 0 amide bonds. The quantitative estimate of drug-likeness (QED) is 0.539. The molecule has 25 heavy (non-hydrogen) atoms. The van der Waals surface area contributed by atoms with Gasteiger partial charge >= 0.3 is 5.97 Å². The van der Waals surface area contributed by atoms with Gasteiger partial charge in [-0.1, -0.05) is 83.9 Å². The molecule has 0 bridgehead atoms. The normalized spacial score (nSPS) is 16.6. The van der Waals surface area contributed by atoms with Crippen LogP contribution in [-0.2, 0) is 13.9 Å². The maximum atomic E-state index is 12.7. The number of likely N-dealkylation sites (tertiary alicyclic amines) is 1.